The van der Waals surface area contributed by atoms with Crippen LogP contribution in [0.3, 0.4) is 0 Å². The number of anilines is 1. The zero-order valence-corrected chi connectivity index (χ0v) is 14.2. The molecule has 1 fully saturated rings. The van der Waals surface area contributed by atoms with E-state index in [-0.39, 0.29) is 24.7 Å². The fraction of sp³-hybridized carbons (Fsp3) is 0.412. The summed E-state index contributed by atoms with van der Waals surface area (Å²) in [6.07, 6.45) is -0.947. The molecule has 27 heavy (non-hydrogen) atoms. The lowest BCUT2D eigenvalue weighted by Crippen LogP contribution is -2.46. The fourth-order valence-corrected chi connectivity index (χ4v) is 3.26. The predicted molar refractivity (Wildman–Crippen MR) is 92.2 cm³/mol. The largest absolute Gasteiger partial charge is 0.471 e. The predicted octanol–water partition coefficient (Wildman–Crippen LogP) is 3.36. The number of nitrogens with one attached hydrogen (secondary N) is 1. The number of hydrogen-bond acceptors (Lipinski definition) is 5. The molecule has 2 heterocycles. The van der Waals surface area contributed by atoms with E-state index < -0.39 is 17.0 Å². The summed E-state index contributed by atoms with van der Waals surface area (Å²) in [4.78, 5) is 26.7. The lowest BCUT2D eigenvalue weighted by molar-refractivity contribution is -0.383. The molecule has 3 rings (SSSR count). The first-order valence-electron chi connectivity index (χ1n) is 8.38. The third-order valence-electron chi connectivity index (χ3n) is 4.72. The molecule has 1 amide bonds. The van der Waals surface area contributed by atoms with Gasteiger partial charge < -0.3 is 10.2 Å². The van der Waals surface area contributed by atoms with Crippen molar-refractivity contribution >= 4 is 28.1 Å². The molecule has 1 aromatic heterocycles. The van der Waals surface area contributed by atoms with Crippen LogP contribution in [0.4, 0.5) is 24.5 Å². The van der Waals surface area contributed by atoms with E-state index in [0.717, 1.165) is 4.90 Å². The van der Waals surface area contributed by atoms with Gasteiger partial charge in [-0.15, -0.1) is 0 Å². The Kier molecular flexibility index (Phi) is 5.15. The van der Waals surface area contributed by atoms with Crippen molar-refractivity contribution in [2.24, 2.45) is 5.92 Å². The van der Waals surface area contributed by atoms with Crippen molar-refractivity contribution in [1.29, 1.82) is 0 Å². The Hall–Kier alpha value is -2.91. The molecule has 0 atom stereocenters. The van der Waals surface area contributed by atoms with Gasteiger partial charge in [0, 0.05) is 49.2 Å². The SMILES string of the molecule is O=C(N1CCC(CNc2ccc([N+](=O)[O-])c3cnccc23)CC1)C(F)(F)F. The maximum Gasteiger partial charge on any atom is 0.471 e. The molecule has 1 N–H and O–H groups in total. The summed E-state index contributed by atoms with van der Waals surface area (Å²) in [5.74, 6) is -1.68. The summed E-state index contributed by atoms with van der Waals surface area (Å²) >= 11 is 0. The van der Waals surface area contributed by atoms with Crippen LogP contribution in [-0.4, -0.2) is 46.5 Å². The first-order chi connectivity index (χ1) is 12.8. The number of alkyl halides is 3. The third-order valence-corrected chi connectivity index (χ3v) is 4.72. The molecule has 10 heteroatoms. The van der Waals surface area contributed by atoms with E-state index in [2.05, 4.69) is 10.3 Å². The standard InChI is InChI=1S/C17H17F3N4O3/c18-17(19,20)16(25)23-7-4-11(5-8-23)9-22-14-1-2-15(24(26)27)13-10-21-6-3-12(13)14/h1-3,6,10-11,22H,4-5,7-9H2. The number of nitro benzene ring substituents is 1. The number of amides is 1. The van der Waals surface area contributed by atoms with E-state index in [1.165, 1.54) is 12.3 Å². The van der Waals surface area contributed by atoms with Gasteiger partial charge in [0.15, 0.2) is 0 Å². The van der Waals surface area contributed by atoms with Gasteiger partial charge in [0.05, 0.1) is 10.3 Å². The van der Waals surface area contributed by atoms with E-state index in [0.29, 0.717) is 35.8 Å². The lowest BCUT2D eigenvalue weighted by Gasteiger charge is -2.32. The van der Waals surface area contributed by atoms with Crippen LogP contribution >= 0.6 is 0 Å². The molecule has 0 bridgehead atoms. The highest BCUT2D eigenvalue weighted by molar-refractivity contribution is 5.99. The molecule has 0 spiro atoms. The van der Waals surface area contributed by atoms with E-state index in [1.54, 1.807) is 18.3 Å². The van der Waals surface area contributed by atoms with Crippen molar-refractivity contribution in [3.63, 3.8) is 0 Å². The maximum absolute atomic E-state index is 12.5. The summed E-state index contributed by atoms with van der Waals surface area (Å²) in [5, 5.41) is 15.4. The number of nitro groups is 1. The second-order valence-electron chi connectivity index (χ2n) is 6.42. The Morgan fingerprint density at radius 2 is 1.96 bits per heavy atom. The number of non-ortho nitro benzene ring substituents is 1. The molecule has 1 aromatic carbocycles. The fourth-order valence-electron chi connectivity index (χ4n) is 3.26. The van der Waals surface area contributed by atoms with Crippen LogP contribution in [0, 0.1) is 16.0 Å². The Morgan fingerprint density at radius 3 is 2.59 bits per heavy atom. The molecule has 0 unspecified atom stereocenters. The van der Waals surface area contributed by atoms with Crippen molar-refractivity contribution in [2.45, 2.75) is 19.0 Å². The summed E-state index contributed by atoms with van der Waals surface area (Å²) in [6.45, 7) is 0.633. The molecule has 7 nitrogen and oxygen atoms in total. The molecule has 1 aliphatic rings. The average molecular weight is 382 g/mol. The number of aromatic nitrogens is 1. The molecule has 144 valence electrons. The number of piperidine rings is 1. The number of nitrogens with zero attached hydrogens (tertiary/aromatic N) is 3. The summed E-state index contributed by atoms with van der Waals surface area (Å²) in [7, 11) is 0. The van der Waals surface area contributed by atoms with Crippen molar-refractivity contribution in [3.05, 3.63) is 40.7 Å². The Labute approximate surface area is 152 Å². The van der Waals surface area contributed by atoms with Gasteiger partial charge in [-0.25, -0.2) is 0 Å². The van der Waals surface area contributed by atoms with Gasteiger partial charge in [-0.1, -0.05) is 0 Å². The van der Waals surface area contributed by atoms with Crippen LogP contribution < -0.4 is 5.32 Å². The van der Waals surface area contributed by atoms with E-state index in [1.807, 2.05) is 0 Å². The van der Waals surface area contributed by atoms with Crippen LogP contribution in [0.5, 0.6) is 0 Å². The molecule has 1 saturated heterocycles. The van der Waals surface area contributed by atoms with Crippen molar-refractivity contribution < 1.29 is 22.9 Å². The molecule has 0 saturated carbocycles. The number of carbonyl (C=O) groups excluding carboxylic acids is 1. The molecule has 0 radical (unpaired) electrons. The number of pyridine rings is 1. The van der Waals surface area contributed by atoms with Gasteiger partial charge in [-0.05, 0) is 30.9 Å². The smallest absolute Gasteiger partial charge is 0.384 e. The Bertz CT molecular complexity index is 864. The average Bonchev–Trinajstić information content (AvgIpc) is 2.65. The zero-order valence-electron chi connectivity index (χ0n) is 14.2. The first-order valence-corrected chi connectivity index (χ1v) is 8.38. The van der Waals surface area contributed by atoms with Crippen LogP contribution in [0.1, 0.15) is 12.8 Å². The minimum Gasteiger partial charge on any atom is -0.384 e. The highest BCUT2D eigenvalue weighted by Gasteiger charge is 2.43. The second-order valence-corrected chi connectivity index (χ2v) is 6.42. The summed E-state index contributed by atoms with van der Waals surface area (Å²) < 4.78 is 37.4. The van der Waals surface area contributed by atoms with Crippen molar-refractivity contribution in [1.82, 2.24) is 9.88 Å². The van der Waals surface area contributed by atoms with Gasteiger partial charge >= 0.3 is 12.1 Å². The van der Waals surface area contributed by atoms with Gasteiger partial charge in [0.25, 0.3) is 5.69 Å². The van der Waals surface area contributed by atoms with E-state index >= 15 is 0 Å². The minimum absolute atomic E-state index is 0.0392. The number of halogens is 3. The number of likely N-dealkylation sites (tertiary alicyclic amines) is 1. The van der Waals surface area contributed by atoms with Crippen molar-refractivity contribution in [2.75, 3.05) is 25.0 Å². The van der Waals surface area contributed by atoms with Crippen molar-refractivity contribution in [3.8, 4) is 0 Å². The quantitative estimate of drug-likeness (QED) is 0.647. The number of carbonyl (C=O) groups is 1. The summed E-state index contributed by atoms with van der Waals surface area (Å²) in [6, 6.07) is 4.69. The Balaban J connectivity index is 1.64. The maximum atomic E-state index is 12.5. The molecule has 0 aliphatic carbocycles. The number of rotatable bonds is 4. The lowest BCUT2D eigenvalue weighted by atomic mass is 9.96. The zero-order chi connectivity index (χ0) is 19.6. The van der Waals surface area contributed by atoms with Crippen LogP contribution in [-0.2, 0) is 4.79 Å². The van der Waals surface area contributed by atoms with E-state index in [4.69, 9.17) is 0 Å². The first kappa shape index (κ1) is 18.9. The minimum atomic E-state index is -4.84. The highest BCUT2D eigenvalue weighted by atomic mass is 19.4. The highest BCUT2D eigenvalue weighted by Crippen LogP contribution is 2.31. The van der Waals surface area contributed by atoms with Gasteiger partial charge in [0.2, 0.25) is 0 Å². The van der Waals surface area contributed by atoms with Crippen LogP contribution in [0.2, 0.25) is 0 Å². The van der Waals surface area contributed by atoms with Gasteiger partial charge in [0.1, 0.15) is 0 Å². The van der Waals surface area contributed by atoms with Gasteiger partial charge in [-0.3, -0.25) is 19.9 Å². The number of benzene rings is 1. The number of fused-ring (bicyclic) bond motifs is 1. The van der Waals surface area contributed by atoms with Gasteiger partial charge in [-0.2, -0.15) is 13.2 Å². The summed E-state index contributed by atoms with van der Waals surface area (Å²) in [5.41, 5.74) is 0.661. The topological polar surface area (TPSA) is 88.4 Å². The van der Waals surface area contributed by atoms with Crippen LogP contribution in [0.25, 0.3) is 10.8 Å². The third kappa shape index (κ3) is 4.09. The molecular formula is C17H17F3N4O3. The number of hydrogen-bond donors (Lipinski definition) is 1. The van der Waals surface area contributed by atoms with E-state index in [9.17, 15) is 28.1 Å². The molecule has 2 aromatic rings. The monoisotopic (exact) mass is 382 g/mol. The second kappa shape index (κ2) is 7.37. The molecule has 1 aliphatic heterocycles. The normalized spacial score (nSPS) is 15.7. The molecular weight excluding hydrogens is 365 g/mol. The van der Waals surface area contributed by atoms with Crippen LogP contribution in [0.15, 0.2) is 30.6 Å². The Morgan fingerprint density at radius 1 is 1.26 bits per heavy atom.